The molecule has 0 amide bonds. The molecule has 0 radical (unpaired) electrons. The van der Waals surface area contributed by atoms with Crippen LogP contribution >= 0.6 is 35.0 Å². The monoisotopic (exact) mass is 361 g/mol. The van der Waals surface area contributed by atoms with Gasteiger partial charge in [-0.3, -0.25) is 4.72 Å². The van der Waals surface area contributed by atoms with E-state index in [9.17, 15) is 8.42 Å². The normalized spacial score (nSPS) is 11.4. The highest BCUT2D eigenvalue weighted by Crippen LogP contribution is 2.27. The van der Waals surface area contributed by atoms with Crippen molar-refractivity contribution in [2.75, 3.05) is 11.0 Å². The van der Waals surface area contributed by atoms with E-state index in [0.717, 1.165) is 4.90 Å². The molecule has 2 aromatic carbocycles. The number of anilines is 1. The summed E-state index contributed by atoms with van der Waals surface area (Å²) in [7, 11) is -3.59. The van der Waals surface area contributed by atoms with Crippen LogP contribution in [0.15, 0.2) is 47.4 Å². The van der Waals surface area contributed by atoms with Crippen molar-refractivity contribution in [1.82, 2.24) is 0 Å². The van der Waals surface area contributed by atoms with Crippen LogP contribution in [0.3, 0.4) is 0 Å². The highest BCUT2D eigenvalue weighted by molar-refractivity contribution is 7.98. The molecule has 0 aliphatic heterocycles. The largest absolute Gasteiger partial charge is 0.283 e. The Labute approximate surface area is 138 Å². The second kappa shape index (κ2) is 6.92. The average molecular weight is 362 g/mol. The van der Waals surface area contributed by atoms with Crippen LogP contribution in [0.25, 0.3) is 0 Å². The number of benzene rings is 2. The smallest absolute Gasteiger partial charge is 0.237 e. The molecule has 7 heteroatoms. The van der Waals surface area contributed by atoms with Crippen LogP contribution in [0.4, 0.5) is 5.69 Å². The minimum Gasteiger partial charge on any atom is -0.283 e. The highest BCUT2D eigenvalue weighted by Gasteiger charge is 2.16. The van der Waals surface area contributed by atoms with E-state index in [-0.39, 0.29) is 5.75 Å². The second-order valence-electron chi connectivity index (χ2n) is 4.29. The number of rotatable bonds is 5. The quantitative estimate of drug-likeness (QED) is 0.787. The number of hydrogen-bond acceptors (Lipinski definition) is 3. The summed E-state index contributed by atoms with van der Waals surface area (Å²) in [5.74, 6) is -0.269. The predicted octanol–water partition coefficient (Wildman–Crippen LogP) is 4.66. The third-order valence-corrected chi connectivity index (χ3v) is 5.39. The number of nitrogens with one attached hydrogen (secondary N) is 1. The van der Waals surface area contributed by atoms with Gasteiger partial charge in [0.25, 0.3) is 0 Å². The lowest BCUT2D eigenvalue weighted by Gasteiger charge is -2.11. The Kier molecular flexibility index (Phi) is 5.43. The van der Waals surface area contributed by atoms with E-state index < -0.39 is 10.0 Å². The molecular formula is C14H13Cl2NO2S2. The Morgan fingerprint density at radius 1 is 1.10 bits per heavy atom. The van der Waals surface area contributed by atoms with E-state index in [1.165, 1.54) is 0 Å². The first-order chi connectivity index (χ1) is 9.91. The Morgan fingerprint density at radius 2 is 1.71 bits per heavy atom. The minimum atomic E-state index is -3.59. The summed E-state index contributed by atoms with van der Waals surface area (Å²) >= 11 is 13.6. The van der Waals surface area contributed by atoms with Gasteiger partial charge in [-0.1, -0.05) is 35.3 Å². The van der Waals surface area contributed by atoms with Gasteiger partial charge >= 0.3 is 0 Å². The third-order valence-electron chi connectivity index (χ3n) is 2.74. The van der Waals surface area contributed by atoms with Crippen LogP contribution in [0.5, 0.6) is 0 Å². The Morgan fingerprint density at radius 3 is 2.33 bits per heavy atom. The first-order valence-electron chi connectivity index (χ1n) is 5.99. The van der Waals surface area contributed by atoms with Gasteiger partial charge in [0.2, 0.25) is 10.0 Å². The third kappa shape index (κ3) is 4.54. The second-order valence-corrected chi connectivity index (χ2v) is 7.71. The number of hydrogen-bond donors (Lipinski definition) is 1. The molecule has 1 N–H and O–H groups in total. The maximum absolute atomic E-state index is 12.2. The highest BCUT2D eigenvalue weighted by atomic mass is 35.5. The lowest BCUT2D eigenvalue weighted by Crippen LogP contribution is -2.15. The van der Waals surface area contributed by atoms with Crippen LogP contribution in [0.1, 0.15) is 5.56 Å². The van der Waals surface area contributed by atoms with Crippen LogP contribution in [-0.2, 0) is 15.8 Å². The minimum absolute atomic E-state index is 0.269. The van der Waals surface area contributed by atoms with Gasteiger partial charge in [0.15, 0.2) is 0 Å². The van der Waals surface area contributed by atoms with Crippen LogP contribution < -0.4 is 4.72 Å². The number of sulfonamides is 1. The molecular weight excluding hydrogens is 349 g/mol. The summed E-state index contributed by atoms with van der Waals surface area (Å²) in [4.78, 5) is 0.978. The predicted molar refractivity (Wildman–Crippen MR) is 90.9 cm³/mol. The summed E-state index contributed by atoms with van der Waals surface area (Å²) in [5, 5.41) is 0.677. The van der Waals surface area contributed by atoms with Gasteiger partial charge in [0.05, 0.1) is 5.75 Å². The molecule has 2 aromatic rings. The fourth-order valence-electron chi connectivity index (χ4n) is 1.76. The number of thioether (sulfide) groups is 1. The van der Waals surface area contributed by atoms with Gasteiger partial charge in [-0.2, -0.15) is 0 Å². The fourth-order valence-corrected chi connectivity index (χ4v) is 4.16. The lowest BCUT2D eigenvalue weighted by molar-refractivity contribution is 0.600. The Balaban J connectivity index is 2.23. The molecule has 0 aliphatic rings. The zero-order valence-electron chi connectivity index (χ0n) is 11.1. The molecule has 0 spiro atoms. The van der Waals surface area contributed by atoms with Crippen molar-refractivity contribution in [2.45, 2.75) is 10.6 Å². The molecule has 2 rings (SSSR count). The van der Waals surface area contributed by atoms with Gasteiger partial charge in [-0.05, 0) is 36.6 Å². The van der Waals surface area contributed by atoms with Gasteiger partial charge < -0.3 is 0 Å². The molecule has 0 saturated carbocycles. The standard InChI is InChI=1S/C14H13Cl2NO2S2/c1-20-11-5-2-4-10(8-11)17-21(18,19)9-12-13(15)6-3-7-14(12)16/h2-8,17H,9H2,1H3. The van der Waals surface area contributed by atoms with Gasteiger partial charge in [0, 0.05) is 26.2 Å². The maximum Gasteiger partial charge on any atom is 0.237 e. The molecule has 0 fully saturated rings. The Bertz CT molecular complexity index is 728. The van der Waals surface area contributed by atoms with E-state index in [1.807, 2.05) is 12.3 Å². The molecule has 0 bridgehead atoms. The van der Waals surface area contributed by atoms with Gasteiger partial charge in [0.1, 0.15) is 0 Å². The van der Waals surface area contributed by atoms with Crippen LogP contribution in [0, 0.1) is 0 Å². The van der Waals surface area contributed by atoms with Crippen molar-refractivity contribution in [3.63, 3.8) is 0 Å². The molecule has 0 aromatic heterocycles. The number of halogens is 2. The molecule has 0 aliphatic carbocycles. The van der Waals surface area contributed by atoms with Crippen molar-refractivity contribution in [2.24, 2.45) is 0 Å². The van der Waals surface area contributed by atoms with E-state index in [0.29, 0.717) is 21.3 Å². The SMILES string of the molecule is CSc1cccc(NS(=O)(=O)Cc2c(Cl)cccc2Cl)c1. The van der Waals surface area contributed by atoms with Crippen molar-refractivity contribution < 1.29 is 8.42 Å². The van der Waals surface area contributed by atoms with Crippen LogP contribution in [0.2, 0.25) is 10.0 Å². The summed E-state index contributed by atoms with van der Waals surface area (Å²) < 4.78 is 27.0. The first kappa shape index (κ1) is 16.5. The zero-order chi connectivity index (χ0) is 15.5. The Hall–Kier alpha value is -0.880. The molecule has 21 heavy (non-hydrogen) atoms. The van der Waals surface area contributed by atoms with Crippen molar-refractivity contribution >= 4 is 50.7 Å². The molecule has 3 nitrogen and oxygen atoms in total. The molecule has 0 unspecified atom stereocenters. The van der Waals surface area contributed by atoms with E-state index >= 15 is 0 Å². The summed E-state index contributed by atoms with van der Waals surface area (Å²) in [6.07, 6.45) is 1.93. The van der Waals surface area contributed by atoms with Gasteiger partial charge in [-0.15, -0.1) is 11.8 Å². The summed E-state index contributed by atoms with van der Waals surface area (Å²) in [6, 6.07) is 12.1. The fraction of sp³-hybridized carbons (Fsp3) is 0.143. The summed E-state index contributed by atoms with van der Waals surface area (Å²) in [5.41, 5.74) is 0.916. The molecule has 0 atom stereocenters. The van der Waals surface area contributed by atoms with Crippen molar-refractivity contribution in [1.29, 1.82) is 0 Å². The molecule has 0 saturated heterocycles. The van der Waals surface area contributed by atoms with Crippen molar-refractivity contribution in [3.8, 4) is 0 Å². The maximum atomic E-state index is 12.2. The average Bonchev–Trinajstić information content (AvgIpc) is 2.43. The zero-order valence-corrected chi connectivity index (χ0v) is 14.3. The van der Waals surface area contributed by atoms with Crippen molar-refractivity contribution in [3.05, 3.63) is 58.1 Å². The van der Waals surface area contributed by atoms with E-state index in [1.54, 1.807) is 48.2 Å². The molecule has 0 heterocycles. The summed E-state index contributed by atoms with van der Waals surface area (Å²) in [6.45, 7) is 0. The van der Waals surface area contributed by atoms with E-state index in [4.69, 9.17) is 23.2 Å². The van der Waals surface area contributed by atoms with Gasteiger partial charge in [-0.25, -0.2) is 8.42 Å². The van der Waals surface area contributed by atoms with E-state index in [2.05, 4.69) is 4.72 Å². The molecule has 112 valence electrons. The topological polar surface area (TPSA) is 46.2 Å². The first-order valence-corrected chi connectivity index (χ1v) is 9.62. The van der Waals surface area contributed by atoms with Crippen LogP contribution in [-0.4, -0.2) is 14.7 Å². The lowest BCUT2D eigenvalue weighted by atomic mass is 10.2.